The Balaban J connectivity index is 1.79. The summed E-state index contributed by atoms with van der Waals surface area (Å²) in [6.07, 6.45) is 0. The van der Waals surface area contributed by atoms with Crippen molar-refractivity contribution >= 4 is 23.2 Å². The number of carbonyl (C=O) groups is 1. The number of hydrogen-bond donors (Lipinski definition) is 2. The van der Waals surface area contributed by atoms with Gasteiger partial charge in [0.1, 0.15) is 0 Å². The highest BCUT2D eigenvalue weighted by Gasteiger charge is 2.18. The number of nitrogens with one attached hydrogen (secondary N) is 2. The molecule has 6 heteroatoms. The van der Waals surface area contributed by atoms with Gasteiger partial charge in [0.15, 0.2) is 0 Å². The average Bonchev–Trinajstić information content (AvgIpc) is 2.60. The minimum Gasteiger partial charge on any atom is -0.388 e. The first-order valence-electron chi connectivity index (χ1n) is 8.73. The number of amides is 1. The number of carbonyl (C=O) groups excluding carboxylic acids is 1. The zero-order valence-corrected chi connectivity index (χ0v) is 15.7. The Bertz CT molecular complexity index is 544. The topological polar surface area (TPSA) is 47.6 Å². The van der Waals surface area contributed by atoms with Gasteiger partial charge in [-0.2, -0.15) is 0 Å². The van der Waals surface area contributed by atoms with Crippen LogP contribution in [0.1, 0.15) is 24.2 Å². The third-order valence-corrected chi connectivity index (χ3v) is 4.92. The number of anilines is 1. The molecule has 2 rings (SSSR count). The van der Waals surface area contributed by atoms with Gasteiger partial charge in [0.05, 0.1) is 10.6 Å². The van der Waals surface area contributed by atoms with Gasteiger partial charge in [-0.25, -0.2) is 0 Å². The zero-order valence-electron chi connectivity index (χ0n) is 14.9. The summed E-state index contributed by atoms with van der Waals surface area (Å²) in [6.45, 7) is 11.7. The summed E-state index contributed by atoms with van der Waals surface area (Å²) in [5.74, 6) is 0.299. The van der Waals surface area contributed by atoms with Gasteiger partial charge >= 0.3 is 0 Å². The molecule has 0 aliphatic carbocycles. The molecule has 0 unspecified atom stereocenters. The van der Waals surface area contributed by atoms with E-state index in [-0.39, 0.29) is 5.91 Å². The predicted octanol–water partition coefficient (Wildman–Crippen LogP) is 2.39. The Morgan fingerprint density at radius 1 is 1.25 bits per heavy atom. The van der Waals surface area contributed by atoms with Gasteiger partial charge in [-0.15, -0.1) is 0 Å². The quantitative estimate of drug-likeness (QED) is 0.791. The highest BCUT2D eigenvalue weighted by atomic mass is 35.5. The maximum absolute atomic E-state index is 12.4. The van der Waals surface area contributed by atoms with Crippen LogP contribution in [-0.4, -0.2) is 68.6 Å². The van der Waals surface area contributed by atoms with Gasteiger partial charge in [-0.3, -0.25) is 4.79 Å². The molecule has 1 atom stereocenters. The van der Waals surface area contributed by atoms with Crippen LogP contribution in [0.15, 0.2) is 18.2 Å². The second-order valence-corrected chi connectivity index (χ2v) is 6.90. The van der Waals surface area contributed by atoms with Crippen molar-refractivity contribution in [2.45, 2.75) is 13.8 Å². The minimum absolute atomic E-state index is 0.111. The summed E-state index contributed by atoms with van der Waals surface area (Å²) in [7, 11) is 1.82. The fourth-order valence-corrected chi connectivity index (χ4v) is 3.21. The smallest absolute Gasteiger partial charge is 0.252 e. The molecule has 1 aliphatic rings. The lowest BCUT2D eigenvalue weighted by molar-refractivity contribution is 0.0934. The van der Waals surface area contributed by atoms with E-state index >= 15 is 0 Å². The molecule has 1 aromatic rings. The van der Waals surface area contributed by atoms with Crippen molar-refractivity contribution in [3.63, 3.8) is 0 Å². The Hall–Kier alpha value is -1.30. The number of hydrogen-bond acceptors (Lipinski definition) is 4. The standard InChI is InChI=1S/C18H29ClN4O/c1-4-22-7-9-23(10-8-22)13-14(2)12-21-18(24)16-11-15(20-3)5-6-17(16)19/h5-6,11,14,20H,4,7-10,12-13H2,1-3H3,(H,21,24)/t14-/m1/s1. The van der Waals surface area contributed by atoms with Crippen molar-refractivity contribution in [3.8, 4) is 0 Å². The summed E-state index contributed by atoms with van der Waals surface area (Å²) >= 11 is 6.14. The van der Waals surface area contributed by atoms with Crippen molar-refractivity contribution in [3.05, 3.63) is 28.8 Å². The molecule has 0 saturated carbocycles. The molecule has 2 N–H and O–H groups in total. The summed E-state index contributed by atoms with van der Waals surface area (Å²) in [4.78, 5) is 17.3. The van der Waals surface area contributed by atoms with Crippen LogP contribution in [0.2, 0.25) is 5.02 Å². The fraction of sp³-hybridized carbons (Fsp3) is 0.611. The Labute approximate surface area is 150 Å². The van der Waals surface area contributed by atoms with E-state index in [4.69, 9.17) is 11.6 Å². The molecule has 134 valence electrons. The molecule has 0 bridgehead atoms. The van der Waals surface area contributed by atoms with E-state index in [0.717, 1.165) is 45.0 Å². The molecule has 0 spiro atoms. The van der Waals surface area contributed by atoms with Gasteiger partial charge in [0, 0.05) is 52.0 Å². The van der Waals surface area contributed by atoms with Crippen molar-refractivity contribution in [2.24, 2.45) is 5.92 Å². The molecular formula is C18H29ClN4O. The van der Waals surface area contributed by atoms with E-state index in [1.54, 1.807) is 12.1 Å². The van der Waals surface area contributed by atoms with Gasteiger partial charge in [0.2, 0.25) is 0 Å². The maximum atomic E-state index is 12.4. The second-order valence-electron chi connectivity index (χ2n) is 6.49. The van der Waals surface area contributed by atoms with Crippen LogP contribution in [0.25, 0.3) is 0 Å². The van der Waals surface area contributed by atoms with E-state index in [1.807, 2.05) is 13.1 Å². The number of rotatable bonds is 7. The fourth-order valence-electron chi connectivity index (χ4n) is 3.01. The van der Waals surface area contributed by atoms with Gasteiger partial charge in [-0.05, 0) is 30.7 Å². The number of piperazine rings is 1. The van der Waals surface area contributed by atoms with E-state index in [0.29, 0.717) is 23.0 Å². The molecule has 0 radical (unpaired) electrons. The van der Waals surface area contributed by atoms with Crippen LogP contribution in [-0.2, 0) is 0 Å². The third kappa shape index (κ3) is 5.36. The Morgan fingerprint density at radius 3 is 2.54 bits per heavy atom. The van der Waals surface area contributed by atoms with E-state index in [9.17, 15) is 4.79 Å². The summed E-state index contributed by atoms with van der Waals surface area (Å²) in [5, 5.41) is 6.52. The molecule has 1 saturated heterocycles. The first-order chi connectivity index (χ1) is 11.5. The van der Waals surface area contributed by atoms with Crippen LogP contribution in [0, 0.1) is 5.92 Å². The maximum Gasteiger partial charge on any atom is 0.252 e. The molecule has 1 heterocycles. The lowest BCUT2D eigenvalue weighted by Crippen LogP contribution is -2.48. The minimum atomic E-state index is -0.111. The van der Waals surface area contributed by atoms with Gasteiger partial charge in [0.25, 0.3) is 5.91 Å². The lowest BCUT2D eigenvalue weighted by Gasteiger charge is -2.35. The summed E-state index contributed by atoms with van der Waals surface area (Å²) in [6, 6.07) is 5.39. The predicted molar refractivity (Wildman–Crippen MR) is 101 cm³/mol. The molecule has 1 aliphatic heterocycles. The van der Waals surface area contributed by atoms with Crippen LogP contribution in [0.5, 0.6) is 0 Å². The number of halogens is 1. The van der Waals surface area contributed by atoms with Crippen molar-refractivity contribution in [1.29, 1.82) is 0 Å². The summed E-state index contributed by atoms with van der Waals surface area (Å²) < 4.78 is 0. The van der Waals surface area contributed by atoms with E-state index < -0.39 is 0 Å². The molecular weight excluding hydrogens is 324 g/mol. The van der Waals surface area contributed by atoms with Crippen LogP contribution < -0.4 is 10.6 Å². The monoisotopic (exact) mass is 352 g/mol. The molecule has 1 aromatic carbocycles. The summed E-state index contributed by atoms with van der Waals surface area (Å²) in [5.41, 5.74) is 1.40. The molecule has 1 fully saturated rings. The Kier molecular flexibility index (Phi) is 7.34. The van der Waals surface area contributed by atoms with Crippen molar-refractivity contribution in [1.82, 2.24) is 15.1 Å². The molecule has 24 heavy (non-hydrogen) atoms. The second kappa shape index (κ2) is 9.25. The highest BCUT2D eigenvalue weighted by molar-refractivity contribution is 6.34. The average molecular weight is 353 g/mol. The van der Waals surface area contributed by atoms with Crippen LogP contribution >= 0.6 is 11.6 Å². The lowest BCUT2D eigenvalue weighted by atomic mass is 10.1. The molecule has 1 amide bonds. The van der Waals surface area contributed by atoms with E-state index in [2.05, 4.69) is 34.3 Å². The van der Waals surface area contributed by atoms with Gasteiger partial charge in [-0.1, -0.05) is 25.4 Å². The zero-order chi connectivity index (χ0) is 17.5. The van der Waals surface area contributed by atoms with Gasteiger partial charge < -0.3 is 20.4 Å². The van der Waals surface area contributed by atoms with Crippen molar-refractivity contribution < 1.29 is 4.79 Å². The number of benzene rings is 1. The molecule has 0 aromatic heterocycles. The molecule has 5 nitrogen and oxygen atoms in total. The van der Waals surface area contributed by atoms with E-state index in [1.165, 1.54) is 0 Å². The SMILES string of the molecule is CCN1CCN(C[C@H](C)CNC(=O)c2cc(NC)ccc2Cl)CC1. The first-order valence-corrected chi connectivity index (χ1v) is 9.11. The number of likely N-dealkylation sites (N-methyl/N-ethyl adjacent to an activating group) is 1. The van der Waals surface area contributed by atoms with Crippen LogP contribution in [0.3, 0.4) is 0 Å². The number of nitrogens with zero attached hydrogens (tertiary/aromatic N) is 2. The van der Waals surface area contributed by atoms with Crippen molar-refractivity contribution in [2.75, 3.05) is 58.2 Å². The highest BCUT2D eigenvalue weighted by Crippen LogP contribution is 2.20. The van der Waals surface area contributed by atoms with Crippen LogP contribution in [0.4, 0.5) is 5.69 Å². The first kappa shape index (κ1) is 19.0. The normalized spacial score (nSPS) is 17.5. The third-order valence-electron chi connectivity index (χ3n) is 4.59. The largest absolute Gasteiger partial charge is 0.388 e. The Morgan fingerprint density at radius 2 is 1.92 bits per heavy atom.